The normalized spacial score (nSPS) is 15.7. The zero-order valence-electron chi connectivity index (χ0n) is 15.4. The van der Waals surface area contributed by atoms with Gasteiger partial charge in [0, 0.05) is 32.0 Å². The molecule has 0 N–H and O–H groups in total. The number of benzene rings is 1. The summed E-state index contributed by atoms with van der Waals surface area (Å²) in [7, 11) is 1.62. The summed E-state index contributed by atoms with van der Waals surface area (Å²) >= 11 is 0. The lowest BCUT2D eigenvalue weighted by Crippen LogP contribution is -2.44. The second kappa shape index (κ2) is 9.89. The van der Waals surface area contributed by atoms with Crippen LogP contribution in [0.2, 0.25) is 0 Å². The second-order valence-electron chi connectivity index (χ2n) is 6.17. The number of carbonyl (C=O) groups excluding carboxylic acids is 1. The van der Waals surface area contributed by atoms with E-state index < -0.39 is 12.1 Å². The molecule has 1 saturated heterocycles. The number of hydrogen-bond donors (Lipinski definition) is 0. The first-order valence-corrected chi connectivity index (χ1v) is 8.92. The van der Waals surface area contributed by atoms with Crippen LogP contribution in [-0.4, -0.2) is 68.5 Å². The molecule has 2 heterocycles. The minimum Gasteiger partial charge on any atom is -0.497 e. The predicted molar refractivity (Wildman–Crippen MR) is 99.2 cm³/mol. The zero-order chi connectivity index (χ0) is 18.9. The van der Waals surface area contributed by atoms with E-state index in [-0.39, 0.29) is 6.61 Å². The summed E-state index contributed by atoms with van der Waals surface area (Å²) in [5.41, 5.74) is 0.425. The van der Waals surface area contributed by atoms with Crippen molar-refractivity contribution in [3.63, 3.8) is 0 Å². The van der Waals surface area contributed by atoms with Crippen molar-refractivity contribution >= 4 is 5.97 Å². The lowest BCUT2D eigenvalue weighted by molar-refractivity contribution is -0.0154. The van der Waals surface area contributed by atoms with Crippen molar-refractivity contribution in [2.24, 2.45) is 0 Å². The van der Waals surface area contributed by atoms with Crippen molar-refractivity contribution in [3.05, 3.63) is 54.4 Å². The monoisotopic (exact) mass is 372 g/mol. The highest BCUT2D eigenvalue weighted by Crippen LogP contribution is 2.18. The Morgan fingerprint density at radius 1 is 1.19 bits per heavy atom. The number of carbonyl (C=O) groups is 1. The van der Waals surface area contributed by atoms with Crippen molar-refractivity contribution < 1.29 is 23.7 Å². The van der Waals surface area contributed by atoms with Gasteiger partial charge in [0.15, 0.2) is 0 Å². The topological polar surface area (TPSA) is 70.1 Å². The van der Waals surface area contributed by atoms with Gasteiger partial charge in [0.25, 0.3) is 0 Å². The minimum absolute atomic E-state index is 0.260. The minimum atomic E-state index is -0.405. The van der Waals surface area contributed by atoms with Gasteiger partial charge >= 0.3 is 5.97 Å². The van der Waals surface area contributed by atoms with Crippen LogP contribution < -0.4 is 9.47 Å². The Bertz CT molecular complexity index is 702. The summed E-state index contributed by atoms with van der Waals surface area (Å²) < 4.78 is 22.1. The van der Waals surface area contributed by atoms with Crippen LogP contribution in [-0.2, 0) is 9.47 Å². The fourth-order valence-corrected chi connectivity index (χ4v) is 2.76. The maximum absolute atomic E-state index is 12.4. The van der Waals surface area contributed by atoms with E-state index in [9.17, 15) is 4.79 Å². The number of rotatable bonds is 8. The summed E-state index contributed by atoms with van der Waals surface area (Å²) in [6.07, 6.45) is 2.71. The fraction of sp³-hybridized carbons (Fsp3) is 0.400. The molecular weight excluding hydrogens is 348 g/mol. The Morgan fingerprint density at radius 2 is 1.93 bits per heavy atom. The molecule has 1 aromatic heterocycles. The number of hydrogen-bond acceptors (Lipinski definition) is 7. The van der Waals surface area contributed by atoms with Crippen LogP contribution in [0, 0.1) is 0 Å². The van der Waals surface area contributed by atoms with E-state index in [1.54, 1.807) is 25.4 Å². The van der Waals surface area contributed by atoms with Crippen LogP contribution in [0.3, 0.4) is 0 Å². The Morgan fingerprint density at radius 3 is 2.59 bits per heavy atom. The van der Waals surface area contributed by atoms with E-state index in [0.717, 1.165) is 18.8 Å². The highest BCUT2D eigenvalue weighted by molar-refractivity contribution is 5.89. The van der Waals surface area contributed by atoms with E-state index in [1.807, 2.05) is 24.3 Å². The van der Waals surface area contributed by atoms with Gasteiger partial charge in [-0.05, 0) is 36.4 Å². The third-order valence-electron chi connectivity index (χ3n) is 4.23. The molecule has 7 nitrogen and oxygen atoms in total. The molecule has 1 aromatic carbocycles. The molecule has 2 aromatic rings. The molecule has 1 unspecified atom stereocenters. The maximum atomic E-state index is 12.4. The molecule has 0 saturated carbocycles. The summed E-state index contributed by atoms with van der Waals surface area (Å²) in [6.45, 7) is 3.83. The molecular formula is C20H24N2O5. The van der Waals surface area contributed by atoms with Gasteiger partial charge in [0.2, 0.25) is 0 Å². The highest BCUT2D eigenvalue weighted by Gasteiger charge is 2.22. The lowest BCUT2D eigenvalue weighted by atomic mass is 10.2. The number of pyridine rings is 1. The van der Waals surface area contributed by atoms with Gasteiger partial charge in [0.1, 0.15) is 24.2 Å². The quantitative estimate of drug-likeness (QED) is 0.657. The molecule has 1 aliphatic heterocycles. The van der Waals surface area contributed by atoms with Crippen LogP contribution in [0.5, 0.6) is 11.5 Å². The summed E-state index contributed by atoms with van der Waals surface area (Å²) in [5, 5.41) is 0. The van der Waals surface area contributed by atoms with Crippen LogP contribution in [0.25, 0.3) is 0 Å². The van der Waals surface area contributed by atoms with Crippen molar-refractivity contribution in [1.29, 1.82) is 0 Å². The van der Waals surface area contributed by atoms with Gasteiger partial charge in [-0.1, -0.05) is 0 Å². The zero-order valence-corrected chi connectivity index (χ0v) is 15.4. The number of esters is 1. The molecule has 0 amide bonds. The molecule has 1 aliphatic rings. The molecule has 3 rings (SSSR count). The van der Waals surface area contributed by atoms with Crippen molar-refractivity contribution in [3.8, 4) is 11.5 Å². The molecule has 1 atom stereocenters. The van der Waals surface area contributed by atoms with E-state index in [0.29, 0.717) is 31.1 Å². The van der Waals surface area contributed by atoms with Gasteiger partial charge < -0.3 is 18.9 Å². The highest BCUT2D eigenvalue weighted by atomic mass is 16.6. The van der Waals surface area contributed by atoms with Crippen molar-refractivity contribution in [2.75, 3.05) is 46.6 Å². The average Bonchev–Trinajstić information content (AvgIpc) is 2.73. The first kappa shape index (κ1) is 19.1. The molecule has 0 aliphatic carbocycles. The fourth-order valence-electron chi connectivity index (χ4n) is 2.76. The van der Waals surface area contributed by atoms with E-state index in [1.165, 1.54) is 6.20 Å². The molecule has 27 heavy (non-hydrogen) atoms. The first-order chi connectivity index (χ1) is 13.2. The van der Waals surface area contributed by atoms with E-state index >= 15 is 0 Å². The second-order valence-corrected chi connectivity index (χ2v) is 6.17. The van der Waals surface area contributed by atoms with Gasteiger partial charge in [-0.3, -0.25) is 9.88 Å². The number of morpholine rings is 1. The molecule has 0 bridgehead atoms. The van der Waals surface area contributed by atoms with Crippen molar-refractivity contribution in [1.82, 2.24) is 9.88 Å². The van der Waals surface area contributed by atoms with Crippen LogP contribution >= 0.6 is 0 Å². The first-order valence-electron chi connectivity index (χ1n) is 8.92. The standard InChI is InChI=1S/C20H24N2O5/c1-24-17-4-6-18(7-5-17)26-15-19(14-22-9-11-25-12-10-22)27-20(23)16-3-2-8-21-13-16/h2-8,13,19H,9-12,14-15H2,1H3. The molecule has 1 fully saturated rings. The van der Waals surface area contributed by atoms with Crippen LogP contribution in [0.15, 0.2) is 48.8 Å². The summed E-state index contributed by atoms with van der Waals surface area (Å²) in [5.74, 6) is 1.05. The Labute approximate surface area is 158 Å². The van der Waals surface area contributed by atoms with Gasteiger partial charge in [0.05, 0.1) is 25.9 Å². The summed E-state index contributed by atoms with van der Waals surface area (Å²) in [6, 6.07) is 10.7. The van der Waals surface area contributed by atoms with E-state index in [2.05, 4.69) is 9.88 Å². The number of methoxy groups -OCH3 is 1. The number of ether oxygens (including phenoxy) is 4. The Hall–Kier alpha value is -2.64. The molecule has 144 valence electrons. The number of nitrogens with zero attached hydrogens (tertiary/aromatic N) is 2. The summed E-state index contributed by atoms with van der Waals surface area (Å²) in [4.78, 5) is 18.6. The predicted octanol–water partition coefficient (Wildman–Crippen LogP) is 2.03. The SMILES string of the molecule is COc1ccc(OCC(CN2CCOCC2)OC(=O)c2cccnc2)cc1. The third-order valence-corrected chi connectivity index (χ3v) is 4.23. The van der Waals surface area contributed by atoms with Gasteiger partial charge in [-0.25, -0.2) is 4.79 Å². The van der Waals surface area contributed by atoms with Crippen LogP contribution in [0.1, 0.15) is 10.4 Å². The molecule has 0 spiro atoms. The third kappa shape index (κ3) is 5.94. The average molecular weight is 372 g/mol. The number of aromatic nitrogens is 1. The Balaban J connectivity index is 1.61. The van der Waals surface area contributed by atoms with Crippen molar-refractivity contribution in [2.45, 2.75) is 6.10 Å². The van der Waals surface area contributed by atoms with Gasteiger partial charge in [-0.2, -0.15) is 0 Å². The van der Waals surface area contributed by atoms with Crippen LogP contribution in [0.4, 0.5) is 0 Å². The molecule has 7 heteroatoms. The van der Waals surface area contributed by atoms with Gasteiger partial charge in [-0.15, -0.1) is 0 Å². The molecule has 0 radical (unpaired) electrons. The Kier molecular flexibility index (Phi) is 7.01. The lowest BCUT2D eigenvalue weighted by Gasteiger charge is -2.30. The smallest absolute Gasteiger partial charge is 0.340 e. The van der Waals surface area contributed by atoms with E-state index in [4.69, 9.17) is 18.9 Å². The largest absolute Gasteiger partial charge is 0.497 e. The maximum Gasteiger partial charge on any atom is 0.340 e.